The van der Waals surface area contributed by atoms with Gasteiger partial charge in [0, 0.05) is 17.9 Å². The molecule has 21 heavy (non-hydrogen) atoms. The highest BCUT2D eigenvalue weighted by atomic mass is 35.5. The van der Waals surface area contributed by atoms with Crippen molar-refractivity contribution in [2.75, 3.05) is 12.5 Å². The SMILES string of the molecule is CCCCCOc1ccc2cc(C#CCCCl)ccc2c1. The lowest BCUT2D eigenvalue weighted by atomic mass is 10.1. The Balaban J connectivity index is 2.07. The molecule has 2 aromatic carbocycles. The van der Waals surface area contributed by atoms with Gasteiger partial charge >= 0.3 is 0 Å². The first-order chi connectivity index (χ1) is 10.3. The largest absolute Gasteiger partial charge is 0.494 e. The summed E-state index contributed by atoms with van der Waals surface area (Å²) in [5.41, 5.74) is 1.03. The second-order valence-corrected chi connectivity index (χ2v) is 5.40. The van der Waals surface area contributed by atoms with Gasteiger partial charge in [-0.3, -0.25) is 0 Å². The van der Waals surface area contributed by atoms with Crippen molar-refractivity contribution in [1.82, 2.24) is 0 Å². The van der Waals surface area contributed by atoms with Crippen LogP contribution in [-0.2, 0) is 0 Å². The molecule has 0 aliphatic heterocycles. The molecule has 0 unspecified atom stereocenters. The summed E-state index contributed by atoms with van der Waals surface area (Å²) >= 11 is 5.63. The lowest BCUT2D eigenvalue weighted by Crippen LogP contribution is -1.96. The average Bonchev–Trinajstić information content (AvgIpc) is 2.52. The molecule has 2 heteroatoms. The minimum absolute atomic E-state index is 0.583. The molecule has 2 rings (SSSR count). The monoisotopic (exact) mass is 300 g/mol. The maximum atomic E-state index is 5.78. The molecule has 0 saturated carbocycles. The number of hydrogen-bond donors (Lipinski definition) is 0. The zero-order chi connectivity index (χ0) is 14.9. The van der Waals surface area contributed by atoms with Gasteiger partial charge in [0.15, 0.2) is 0 Å². The van der Waals surface area contributed by atoms with E-state index in [2.05, 4.69) is 43.0 Å². The summed E-state index contributed by atoms with van der Waals surface area (Å²) in [4.78, 5) is 0. The van der Waals surface area contributed by atoms with E-state index in [0.29, 0.717) is 5.88 Å². The predicted molar refractivity (Wildman–Crippen MR) is 91.2 cm³/mol. The minimum atomic E-state index is 0.583. The summed E-state index contributed by atoms with van der Waals surface area (Å²) in [6.07, 6.45) is 4.28. The summed E-state index contributed by atoms with van der Waals surface area (Å²) in [5, 5.41) is 2.37. The smallest absolute Gasteiger partial charge is 0.119 e. The third-order valence-electron chi connectivity index (χ3n) is 3.28. The fraction of sp³-hybridized carbons (Fsp3) is 0.368. The van der Waals surface area contributed by atoms with Gasteiger partial charge in [0.25, 0.3) is 0 Å². The average molecular weight is 301 g/mol. The highest BCUT2D eigenvalue weighted by Gasteiger charge is 1.99. The van der Waals surface area contributed by atoms with Gasteiger partial charge in [-0.05, 0) is 41.5 Å². The van der Waals surface area contributed by atoms with Crippen molar-refractivity contribution in [3.8, 4) is 17.6 Å². The van der Waals surface area contributed by atoms with E-state index in [1.165, 1.54) is 23.6 Å². The summed E-state index contributed by atoms with van der Waals surface area (Å²) in [7, 11) is 0. The number of ether oxygens (including phenoxy) is 1. The molecule has 0 amide bonds. The third-order valence-corrected chi connectivity index (χ3v) is 3.47. The van der Waals surface area contributed by atoms with E-state index in [1.54, 1.807) is 0 Å². The molecular weight excluding hydrogens is 280 g/mol. The fourth-order valence-corrected chi connectivity index (χ4v) is 2.24. The molecule has 2 aromatic rings. The summed E-state index contributed by atoms with van der Waals surface area (Å²) < 4.78 is 5.78. The van der Waals surface area contributed by atoms with E-state index < -0.39 is 0 Å². The van der Waals surface area contributed by atoms with Gasteiger partial charge in [0.2, 0.25) is 0 Å². The third kappa shape index (κ3) is 4.99. The molecule has 1 nitrogen and oxygen atoms in total. The summed E-state index contributed by atoms with van der Waals surface area (Å²) in [6.45, 7) is 2.99. The van der Waals surface area contributed by atoms with Crippen LogP contribution in [-0.4, -0.2) is 12.5 Å². The number of unbranched alkanes of at least 4 members (excludes halogenated alkanes) is 2. The van der Waals surface area contributed by atoms with E-state index in [9.17, 15) is 0 Å². The van der Waals surface area contributed by atoms with Crippen molar-refractivity contribution in [2.24, 2.45) is 0 Å². The van der Waals surface area contributed by atoms with Crippen LogP contribution in [0.15, 0.2) is 36.4 Å². The molecule has 0 bridgehead atoms. The second-order valence-electron chi connectivity index (χ2n) is 5.02. The molecule has 0 saturated heterocycles. The second kappa shape index (κ2) is 8.60. The van der Waals surface area contributed by atoms with Gasteiger partial charge < -0.3 is 4.74 Å². The Morgan fingerprint density at radius 3 is 2.67 bits per heavy atom. The Kier molecular flexibility index (Phi) is 6.44. The van der Waals surface area contributed by atoms with Crippen LogP contribution < -0.4 is 4.74 Å². The number of alkyl halides is 1. The first kappa shape index (κ1) is 15.7. The van der Waals surface area contributed by atoms with Gasteiger partial charge in [0.05, 0.1) is 6.61 Å². The van der Waals surface area contributed by atoms with Crippen LogP contribution in [0.25, 0.3) is 10.8 Å². The van der Waals surface area contributed by atoms with Gasteiger partial charge in [-0.2, -0.15) is 0 Å². The maximum absolute atomic E-state index is 5.78. The summed E-state index contributed by atoms with van der Waals surface area (Å²) in [6, 6.07) is 12.5. The lowest BCUT2D eigenvalue weighted by Gasteiger charge is -2.07. The first-order valence-corrected chi connectivity index (χ1v) is 8.08. The van der Waals surface area contributed by atoms with Crippen LogP contribution in [0, 0.1) is 11.8 Å². The van der Waals surface area contributed by atoms with Crippen LogP contribution in [0.1, 0.15) is 38.2 Å². The van der Waals surface area contributed by atoms with Crippen molar-refractivity contribution in [3.63, 3.8) is 0 Å². The molecule has 0 aromatic heterocycles. The Bertz CT molecular complexity index is 637. The number of halogens is 1. The predicted octanol–water partition coefficient (Wildman–Crippen LogP) is 5.39. The quantitative estimate of drug-likeness (QED) is 0.395. The Hall–Kier alpha value is -1.65. The van der Waals surface area contributed by atoms with Gasteiger partial charge in [0.1, 0.15) is 5.75 Å². The molecular formula is C19H21ClO. The van der Waals surface area contributed by atoms with E-state index in [-0.39, 0.29) is 0 Å². The van der Waals surface area contributed by atoms with Gasteiger partial charge in [-0.25, -0.2) is 0 Å². The number of hydrogen-bond acceptors (Lipinski definition) is 1. The lowest BCUT2D eigenvalue weighted by molar-refractivity contribution is 0.306. The minimum Gasteiger partial charge on any atom is -0.494 e. The number of rotatable bonds is 6. The summed E-state index contributed by atoms with van der Waals surface area (Å²) in [5.74, 6) is 7.72. The Morgan fingerprint density at radius 2 is 1.86 bits per heavy atom. The van der Waals surface area contributed by atoms with Crippen LogP contribution in [0.4, 0.5) is 0 Å². The molecule has 0 atom stereocenters. The van der Waals surface area contributed by atoms with E-state index in [4.69, 9.17) is 16.3 Å². The normalized spacial score (nSPS) is 10.2. The number of fused-ring (bicyclic) bond motifs is 1. The van der Waals surface area contributed by atoms with Crippen LogP contribution in [0.5, 0.6) is 5.75 Å². The van der Waals surface area contributed by atoms with E-state index >= 15 is 0 Å². The van der Waals surface area contributed by atoms with E-state index in [0.717, 1.165) is 30.8 Å². The molecule has 0 N–H and O–H groups in total. The Labute approximate surface area is 132 Å². The highest BCUT2D eigenvalue weighted by Crippen LogP contribution is 2.22. The van der Waals surface area contributed by atoms with Crippen LogP contribution in [0.3, 0.4) is 0 Å². The molecule has 0 aliphatic rings. The standard InChI is InChI=1S/C19H21ClO/c1-2-3-6-13-21-19-11-10-17-14-16(7-4-5-12-20)8-9-18(17)15-19/h8-11,14-15H,2-3,5-6,12-13H2,1H3. The molecule has 0 spiro atoms. The molecule has 110 valence electrons. The first-order valence-electron chi connectivity index (χ1n) is 7.55. The van der Waals surface area contributed by atoms with Crippen molar-refractivity contribution in [2.45, 2.75) is 32.6 Å². The van der Waals surface area contributed by atoms with Gasteiger partial charge in [-0.15, -0.1) is 11.6 Å². The van der Waals surface area contributed by atoms with Gasteiger partial charge in [-0.1, -0.05) is 43.7 Å². The zero-order valence-electron chi connectivity index (χ0n) is 12.5. The molecule has 0 radical (unpaired) electrons. The van der Waals surface area contributed by atoms with Crippen LogP contribution >= 0.6 is 11.6 Å². The topological polar surface area (TPSA) is 9.23 Å². The van der Waals surface area contributed by atoms with Crippen molar-refractivity contribution in [3.05, 3.63) is 42.0 Å². The van der Waals surface area contributed by atoms with Crippen molar-refractivity contribution in [1.29, 1.82) is 0 Å². The van der Waals surface area contributed by atoms with Crippen molar-refractivity contribution >= 4 is 22.4 Å². The Morgan fingerprint density at radius 1 is 1.05 bits per heavy atom. The highest BCUT2D eigenvalue weighted by molar-refractivity contribution is 6.18. The van der Waals surface area contributed by atoms with Crippen molar-refractivity contribution < 1.29 is 4.74 Å². The fourth-order valence-electron chi connectivity index (χ4n) is 2.15. The molecule has 0 heterocycles. The zero-order valence-corrected chi connectivity index (χ0v) is 13.2. The van der Waals surface area contributed by atoms with E-state index in [1.807, 2.05) is 12.1 Å². The molecule has 0 fully saturated rings. The molecule has 0 aliphatic carbocycles. The van der Waals surface area contributed by atoms with Crippen LogP contribution in [0.2, 0.25) is 0 Å². The maximum Gasteiger partial charge on any atom is 0.119 e. The number of benzene rings is 2.